The zero-order valence-electron chi connectivity index (χ0n) is 12.2. The summed E-state index contributed by atoms with van der Waals surface area (Å²) in [6.07, 6.45) is 0.861. The number of carbonyl (C=O) groups excluding carboxylic acids is 2. The first-order valence-corrected chi connectivity index (χ1v) is 6.75. The van der Waals surface area contributed by atoms with E-state index in [9.17, 15) is 9.59 Å². The van der Waals surface area contributed by atoms with E-state index in [-0.39, 0.29) is 31.1 Å². The number of benzene rings is 1. The molecular weight excluding hydrogens is 256 g/mol. The summed E-state index contributed by atoms with van der Waals surface area (Å²) in [5, 5.41) is 5.48. The number of amides is 2. The standard InChI is InChI=1S/C15H22N2O3/c1-4-12(3)16-14(18)9-20-10-15(19)17-13-7-5-6-11(2)8-13/h5-8,12H,4,9-10H2,1-3H3,(H,16,18)(H,17,19). The van der Waals surface area contributed by atoms with Gasteiger partial charge in [0, 0.05) is 11.7 Å². The minimum absolute atomic E-state index is 0.106. The lowest BCUT2D eigenvalue weighted by molar-refractivity contribution is -0.129. The van der Waals surface area contributed by atoms with E-state index in [1.165, 1.54) is 0 Å². The molecule has 0 saturated carbocycles. The largest absolute Gasteiger partial charge is 0.362 e. The number of ether oxygens (including phenoxy) is 1. The molecule has 5 heteroatoms. The molecule has 1 rings (SSSR count). The molecule has 0 aliphatic heterocycles. The summed E-state index contributed by atoms with van der Waals surface area (Å²) in [6.45, 7) is 5.61. The predicted molar refractivity (Wildman–Crippen MR) is 78.5 cm³/mol. The van der Waals surface area contributed by atoms with Crippen molar-refractivity contribution < 1.29 is 14.3 Å². The second-order valence-electron chi connectivity index (χ2n) is 4.79. The average molecular weight is 278 g/mol. The van der Waals surface area contributed by atoms with Crippen LogP contribution < -0.4 is 10.6 Å². The van der Waals surface area contributed by atoms with Crippen LogP contribution in [0.1, 0.15) is 25.8 Å². The molecule has 0 spiro atoms. The molecule has 0 fully saturated rings. The van der Waals surface area contributed by atoms with E-state index >= 15 is 0 Å². The lowest BCUT2D eigenvalue weighted by Gasteiger charge is -2.11. The highest BCUT2D eigenvalue weighted by molar-refractivity contribution is 5.91. The molecular formula is C15H22N2O3. The number of carbonyl (C=O) groups is 2. The molecule has 2 amide bonds. The summed E-state index contributed by atoms with van der Waals surface area (Å²) in [5.74, 6) is -0.477. The Morgan fingerprint density at radius 3 is 2.60 bits per heavy atom. The second-order valence-corrected chi connectivity index (χ2v) is 4.79. The fraction of sp³-hybridized carbons (Fsp3) is 0.467. The van der Waals surface area contributed by atoms with Crippen LogP contribution in [-0.2, 0) is 14.3 Å². The average Bonchev–Trinajstić information content (AvgIpc) is 2.38. The SMILES string of the molecule is CCC(C)NC(=O)COCC(=O)Nc1cccc(C)c1. The molecule has 2 N–H and O–H groups in total. The van der Waals surface area contributed by atoms with Gasteiger partial charge in [0.1, 0.15) is 13.2 Å². The van der Waals surface area contributed by atoms with E-state index in [0.717, 1.165) is 17.7 Å². The van der Waals surface area contributed by atoms with Gasteiger partial charge in [-0.2, -0.15) is 0 Å². The Morgan fingerprint density at radius 1 is 1.25 bits per heavy atom. The van der Waals surface area contributed by atoms with Crippen molar-refractivity contribution >= 4 is 17.5 Å². The van der Waals surface area contributed by atoms with Crippen molar-refractivity contribution in [2.45, 2.75) is 33.2 Å². The highest BCUT2D eigenvalue weighted by Crippen LogP contribution is 2.09. The Bertz CT molecular complexity index is 460. The van der Waals surface area contributed by atoms with Crippen molar-refractivity contribution in [3.05, 3.63) is 29.8 Å². The fourth-order valence-corrected chi connectivity index (χ4v) is 1.57. The van der Waals surface area contributed by atoms with Gasteiger partial charge in [-0.3, -0.25) is 9.59 Å². The van der Waals surface area contributed by atoms with E-state index in [1.54, 1.807) is 6.07 Å². The number of hydrogen-bond acceptors (Lipinski definition) is 3. The van der Waals surface area contributed by atoms with Crippen LogP contribution in [0.25, 0.3) is 0 Å². The molecule has 0 aliphatic carbocycles. The summed E-state index contributed by atoms with van der Waals surface area (Å²) in [6, 6.07) is 7.61. The Hall–Kier alpha value is -1.88. The number of rotatable bonds is 7. The Balaban J connectivity index is 2.25. The van der Waals surface area contributed by atoms with Crippen molar-refractivity contribution in [2.75, 3.05) is 18.5 Å². The maximum absolute atomic E-state index is 11.6. The minimum Gasteiger partial charge on any atom is -0.362 e. The van der Waals surface area contributed by atoms with Gasteiger partial charge in [0.2, 0.25) is 11.8 Å². The zero-order chi connectivity index (χ0) is 15.0. The van der Waals surface area contributed by atoms with Gasteiger partial charge >= 0.3 is 0 Å². The van der Waals surface area contributed by atoms with Crippen LogP contribution in [0, 0.1) is 6.92 Å². The first-order valence-electron chi connectivity index (χ1n) is 6.75. The first-order chi connectivity index (χ1) is 9.51. The van der Waals surface area contributed by atoms with Crippen LogP contribution in [0.3, 0.4) is 0 Å². The van der Waals surface area contributed by atoms with Crippen LogP contribution in [-0.4, -0.2) is 31.1 Å². The normalized spacial score (nSPS) is 11.8. The number of anilines is 1. The monoisotopic (exact) mass is 278 g/mol. The molecule has 0 saturated heterocycles. The van der Waals surface area contributed by atoms with Gasteiger partial charge in [0.25, 0.3) is 0 Å². The summed E-state index contributed by atoms with van der Waals surface area (Å²) >= 11 is 0. The van der Waals surface area contributed by atoms with E-state index in [0.29, 0.717) is 0 Å². The molecule has 0 heterocycles. The van der Waals surface area contributed by atoms with Crippen molar-refractivity contribution in [3.63, 3.8) is 0 Å². The molecule has 20 heavy (non-hydrogen) atoms. The topological polar surface area (TPSA) is 67.4 Å². The second kappa shape index (κ2) is 8.32. The Morgan fingerprint density at radius 2 is 1.95 bits per heavy atom. The van der Waals surface area contributed by atoms with Gasteiger partial charge < -0.3 is 15.4 Å². The maximum Gasteiger partial charge on any atom is 0.250 e. The quantitative estimate of drug-likeness (QED) is 0.800. The van der Waals surface area contributed by atoms with Gasteiger partial charge in [-0.1, -0.05) is 19.1 Å². The van der Waals surface area contributed by atoms with Crippen molar-refractivity contribution in [2.24, 2.45) is 0 Å². The van der Waals surface area contributed by atoms with Gasteiger partial charge in [-0.15, -0.1) is 0 Å². The zero-order valence-corrected chi connectivity index (χ0v) is 12.2. The fourth-order valence-electron chi connectivity index (χ4n) is 1.57. The van der Waals surface area contributed by atoms with Crippen molar-refractivity contribution in [1.82, 2.24) is 5.32 Å². The third-order valence-electron chi connectivity index (χ3n) is 2.79. The maximum atomic E-state index is 11.6. The summed E-state index contributed by atoms with van der Waals surface area (Å²) in [5.41, 5.74) is 1.79. The summed E-state index contributed by atoms with van der Waals surface area (Å²) in [7, 11) is 0. The van der Waals surface area contributed by atoms with E-state index in [1.807, 2.05) is 39.0 Å². The molecule has 0 aliphatic rings. The molecule has 0 aromatic heterocycles. The van der Waals surface area contributed by atoms with E-state index in [2.05, 4.69) is 10.6 Å². The lowest BCUT2D eigenvalue weighted by Crippen LogP contribution is -2.35. The predicted octanol–water partition coefficient (Wildman–Crippen LogP) is 1.86. The highest BCUT2D eigenvalue weighted by atomic mass is 16.5. The third-order valence-corrected chi connectivity index (χ3v) is 2.79. The minimum atomic E-state index is -0.271. The van der Waals surface area contributed by atoms with E-state index in [4.69, 9.17) is 4.74 Å². The van der Waals surface area contributed by atoms with Crippen LogP contribution in [0.2, 0.25) is 0 Å². The Kier molecular flexibility index (Phi) is 6.73. The van der Waals surface area contributed by atoms with Gasteiger partial charge in [0.15, 0.2) is 0 Å². The molecule has 0 bridgehead atoms. The molecule has 1 aromatic carbocycles. The smallest absolute Gasteiger partial charge is 0.250 e. The molecule has 5 nitrogen and oxygen atoms in total. The first kappa shape index (κ1) is 16.2. The molecule has 1 atom stereocenters. The number of aryl methyl sites for hydroxylation is 1. The third kappa shape index (κ3) is 6.33. The van der Waals surface area contributed by atoms with Crippen LogP contribution in [0.15, 0.2) is 24.3 Å². The van der Waals surface area contributed by atoms with Gasteiger partial charge in [-0.25, -0.2) is 0 Å². The number of nitrogens with one attached hydrogen (secondary N) is 2. The van der Waals surface area contributed by atoms with Gasteiger partial charge in [-0.05, 0) is 38.0 Å². The molecule has 1 aromatic rings. The summed E-state index contributed by atoms with van der Waals surface area (Å²) in [4.78, 5) is 23.0. The summed E-state index contributed by atoms with van der Waals surface area (Å²) < 4.78 is 5.08. The Labute approximate surface area is 119 Å². The van der Waals surface area contributed by atoms with Gasteiger partial charge in [0.05, 0.1) is 0 Å². The molecule has 110 valence electrons. The molecule has 0 radical (unpaired) electrons. The van der Waals surface area contributed by atoms with E-state index < -0.39 is 0 Å². The lowest BCUT2D eigenvalue weighted by atomic mass is 10.2. The van der Waals surface area contributed by atoms with Crippen LogP contribution >= 0.6 is 0 Å². The van der Waals surface area contributed by atoms with Crippen LogP contribution in [0.5, 0.6) is 0 Å². The van der Waals surface area contributed by atoms with Crippen molar-refractivity contribution in [3.8, 4) is 0 Å². The van der Waals surface area contributed by atoms with Crippen LogP contribution in [0.4, 0.5) is 5.69 Å². The molecule has 1 unspecified atom stereocenters. The van der Waals surface area contributed by atoms with Crippen molar-refractivity contribution in [1.29, 1.82) is 0 Å². The highest BCUT2D eigenvalue weighted by Gasteiger charge is 2.07. The number of hydrogen-bond donors (Lipinski definition) is 2.